The fraction of sp³-hybridized carbons (Fsp3) is 0.345. The second kappa shape index (κ2) is 12.4. The molecule has 1 heterocycles. The number of rotatable bonds is 10. The van der Waals surface area contributed by atoms with Crippen molar-refractivity contribution in [3.63, 3.8) is 0 Å². The first-order valence-electron chi connectivity index (χ1n) is 13.1. The van der Waals surface area contributed by atoms with Crippen LogP contribution in [-0.2, 0) is 37.9 Å². The van der Waals surface area contributed by atoms with Crippen LogP contribution in [0.3, 0.4) is 0 Å². The average Bonchev–Trinajstić information content (AvgIpc) is 3.44. The lowest BCUT2D eigenvalue weighted by Crippen LogP contribution is -2.40. The maximum atomic E-state index is 13.9. The SMILES string of the molecule is Cc1cc(C)c(S(=O)(=O)N(CC(=O)NCc2ccc(S(=O)(=O)N3CCCC3)cc2)Cc2ccc(Cl)cc2)c(C)c1. The highest BCUT2D eigenvalue weighted by molar-refractivity contribution is 7.89. The molecule has 0 aromatic heterocycles. The first-order valence-corrected chi connectivity index (χ1v) is 16.3. The minimum atomic E-state index is -4.03. The summed E-state index contributed by atoms with van der Waals surface area (Å²) in [6, 6.07) is 16.8. The van der Waals surface area contributed by atoms with Crippen LogP contribution < -0.4 is 5.32 Å². The number of amides is 1. The summed E-state index contributed by atoms with van der Waals surface area (Å²) in [6.07, 6.45) is 1.72. The first-order chi connectivity index (χ1) is 18.9. The van der Waals surface area contributed by atoms with Gasteiger partial charge in [-0.2, -0.15) is 8.61 Å². The topological polar surface area (TPSA) is 104 Å². The molecule has 40 heavy (non-hydrogen) atoms. The van der Waals surface area contributed by atoms with Gasteiger partial charge in [0.2, 0.25) is 26.0 Å². The second-order valence-electron chi connectivity index (χ2n) is 10.2. The molecule has 1 aliphatic rings. The molecule has 1 aliphatic heterocycles. The number of hydrogen-bond acceptors (Lipinski definition) is 5. The smallest absolute Gasteiger partial charge is 0.244 e. The van der Waals surface area contributed by atoms with Gasteiger partial charge in [0, 0.05) is 31.2 Å². The summed E-state index contributed by atoms with van der Waals surface area (Å²) >= 11 is 6.01. The lowest BCUT2D eigenvalue weighted by Gasteiger charge is -2.24. The quantitative estimate of drug-likeness (QED) is 0.366. The van der Waals surface area contributed by atoms with E-state index in [0.29, 0.717) is 40.4 Å². The van der Waals surface area contributed by atoms with Gasteiger partial charge in [-0.15, -0.1) is 0 Å². The first kappa shape index (κ1) is 30.2. The molecular weight excluding hydrogens is 570 g/mol. The highest BCUT2D eigenvalue weighted by Gasteiger charge is 2.30. The molecule has 1 fully saturated rings. The summed E-state index contributed by atoms with van der Waals surface area (Å²) in [5, 5.41) is 3.30. The number of nitrogens with zero attached hydrogens (tertiary/aromatic N) is 2. The van der Waals surface area contributed by atoms with E-state index in [0.717, 1.165) is 18.4 Å². The number of carbonyl (C=O) groups is 1. The summed E-state index contributed by atoms with van der Waals surface area (Å²) < 4.78 is 55.9. The zero-order valence-corrected chi connectivity index (χ0v) is 25.2. The molecule has 4 rings (SSSR count). The zero-order valence-electron chi connectivity index (χ0n) is 22.9. The molecule has 0 unspecified atom stereocenters. The highest BCUT2D eigenvalue weighted by atomic mass is 35.5. The van der Waals surface area contributed by atoms with E-state index in [1.165, 1.54) is 20.7 Å². The minimum absolute atomic E-state index is 0.0112. The molecular formula is C29H34ClN3O5S2. The molecule has 0 spiro atoms. The Hall–Kier alpha value is -2.76. The normalized spacial score (nSPS) is 14.5. The molecule has 1 N–H and O–H groups in total. The van der Waals surface area contributed by atoms with E-state index in [9.17, 15) is 21.6 Å². The van der Waals surface area contributed by atoms with E-state index in [1.54, 1.807) is 50.2 Å². The molecule has 8 nitrogen and oxygen atoms in total. The fourth-order valence-electron chi connectivity index (χ4n) is 5.00. The number of benzene rings is 3. The van der Waals surface area contributed by atoms with Crippen LogP contribution in [0.25, 0.3) is 0 Å². The van der Waals surface area contributed by atoms with Gasteiger partial charge >= 0.3 is 0 Å². The maximum Gasteiger partial charge on any atom is 0.244 e. The van der Waals surface area contributed by atoms with Crippen molar-refractivity contribution in [3.8, 4) is 0 Å². The summed E-state index contributed by atoms with van der Waals surface area (Å²) in [4.78, 5) is 13.4. The molecule has 1 saturated heterocycles. The lowest BCUT2D eigenvalue weighted by molar-refractivity contribution is -0.121. The van der Waals surface area contributed by atoms with E-state index in [2.05, 4.69) is 5.32 Å². The molecule has 0 atom stereocenters. The molecule has 3 aromatic carbocycles. The van der Waals surface area contributed by atoms with E-state index in [-0.39, 0.29) is 29.4 Å². The minimum Gasteiger partial charge on any atom is -0.351 e. The number of halogens is 1. The van der Waals surface area contributed by atoms with Crippen molar-refractivity contribution in [2.45, 2.75) is 56.5 Å². The van der Waals surface area contributed by atoms with Gasteiger partial charge in [0.15, 0.2) is 0 Å². The summed E-state index contributed by atoms with van der Waals surface area (Å²) in [5.74, 6) is -0.478. The average molecular weight is 604 g/mol. The zero-order chi connectivity index (χ0) is 29.1. The Morgan fingerprint density at radius 2 is 1.43 bits per heavy atom. The fourth-order valence-corrected chi connectivity index (χ4v) is 8.43. The van der Waals surface area contributed by atoms with Crippen LogP contribution in [0.15, 0.2) is 70.5 Å². The van der Waals surface area contributed by atoms with Crippen LogP contribution in [0.5, 0.6) is 0 Å². The monoisotopic (exact) mass is 603 g/mol. The predicted molar refractivity (Wildman–Crippen MR) is 156 cm³/mol. The van der Waals surface area contributed by atoms with Gasteiger partial charge in [-0.3, -0.25) is 4.79 Å². The molecule has 11 heteroatoms. The number of hydrogen-bond donors (Lipinski definition) is 1. The Morgan fingerprint density at radius 3 is 2.00 bits per heavy atom. The third-order valence-electron chi connectivity index (χ3n) is 6.91. The number of nitrogens with one attached hydrogen (secondary N) is 1. The van der Waals surface area contributed by atoms with Crippen LogP contribution >= 0.6 is 11.6 Å². The maximum absolute atomic E-state index is 13.9. The third kappa shape index (κ3) is 6.92. The summed E-state index contributed by atoms with van der Waals surface area (Å²) in [5.41, 5.74) is 3.57. The molecule has 0 bridgehead atoms. The number of carbonyl (C=O) groups excluding carboxylic acids is 1. The van der Waals surface area contributed by atoms with Gasteiger partial charge in [0.25, 0.3) is 0 Å². The van der Waals surface area contributed by atoms with Crippen LogP contribution in [0.1, 0.15) is 40.7 Å². The Bertz CT molecular complexity index is 1560. The van der Waals surface area contributed by atoms with Gasteiger partial charge in [-0.25, -0.2) is 16.8 Å². The van der Waals surface area contributed by atoms with Crippen LogP contribution in [0, 0.1) is 20.8 Å². The number of sulfonamides is 2. The molecule has 0 radical (unpaired) electrons. The van der Waals surface area contributed by atoms with Crippen molar-refractivity contribution in [1.29, 1.82) is 0 Å². The predicted octanol–water partition coefficient (Wildman–Crippen LogP) is 4.56. The van der Waals surface area contributed by atoms with E-state index < -0.39 is 26.0 Å². The Balaban J connectivity index is 1.50. The van der Waals surface area contributed by atoms with E-state index in [1.807, 2.05) is 19.1 Å². The Kier molecular flexibility index (Phi) is 9.36. The molecule has 3 aromatic rings. The standard InChI is InChI=1S/C29H34ClN3O5S2/c1-21-16-22(2)29(23(3)17-21)40(37,38)33(19-25-6-10-26(30)11-7-25)20-28(34)31-18-24-8-12-27(13-9-24)39(35,36)32-14-4-5-15-32/h6-13,16-17H,4-5,14-15,18-20H2,1-3H3,(H,31,34). The molecule has 0 aliphatic carbocycles. The Labute approximate surface area is 242 Å². The summed E-state index contributed by atoms with van der Waals surface area (Å²) in [6.45, 7) is 6.18. The van der Waals surface area contributed by atoms with Crippen molar-refractivity contribution in [2.24, 2.45) is 0 Å². The Morgan fingerprint density at radius 1 is 0.875 bits per heavy atom. The summed E-state index contributed by atoms with van der Waals surface area (Å²) in [7, 11) is -7.55. The van der Waals surface area contributed by atoms with Crippen molar-refractivity contribution in [1.82, 2.24) is 13.9 Å². The van der Waals surface area contributed by atoms with Crippen molar-refractivity contribution in [2.75, 3.05) is 19.6 Å². The van der Waals surface area contributed by atoms with Crippen molar-refractivity contribution < 1.29 is 21.6 Å². The molecule has 214 valence electrons. The van der Waals surface area contributed by atoms with E-state index in [4.69, 9.17) is 11.6 Å². The molecule has 1 amide bonds. The van der Waals surface area contributed by atoms with Gasteiger partial charge in [0.05, 0.1) is 16.3 Å². The molecule has 0 saturated carbocycles. The second-order valence-corrected chi connectivity index (χ2v) is 14.4. The van der Waals surface area contributed by atoms with Gasteiger partial charge in [-0.1, -0.05) is 53.6 Å². The lowest BCUT2D eigenvalue weighted by atomic mass is 10.1. The van der Waals surface area contributed by atoms with Gasteiger partial charge < -0.3 is 5.32 Å². The van der Waals surface area contributed by atoms with Crippen LogP contribution in [-0.4, -0.2) is 51.0 Å². The third-order valence-corrected chi connectivity index (χ3v) is 11.2. The van der Waals surface area contributed by atoms with Gasteiger partial charge in [0.1, 0.15) is 0 Å². The van der Waals surface area contributed by atoms with Crippen LogP contribution in [0.2, 0.25) is 5.02 Å². The van der Waals surface area contributed by atoms with Crippen LogP contribution in [0.4, 0.5) is 0 Å². The number of aryl methyl sites for hydroxylation is 3. The van der Waals surface area contributed by atoms with Crippen molar-refractivity contribution in [3.05, 3.63) is 93.5 Å². The van der Waals surface area contributed by atoms with Crippen molar-refractivity contribution >= 4 is 37.6 Å². The van der Waals surface area contributed by atoms with Gasteiger partial charge in [-0.05, 0) is 80.1 Å². The largest absolute Gasteiger partial charge is 0.351 e. The highest BCUT2D eigenvalue weighted by Crippen LogP contribution is 2.27. The van der Waals surface area contributed by atoms with E-state index >= 15 is 0 Å².